The molecule has 0 aromatic carbocycles. The Labute approximate surface area is 145 Å². The standard InChI is InChI=1S/C17H33N5O2/c1-18-17(19-5-3-10-23-14-16-4-2-11-24-16)20-12-15-13-21-6-8-22(15)9-7-21/h15-16H,2-14H2,1H3,(H2,18,19,20). The first-order chi connectivity index (χ1) is 11.8. The zero-order valence-electron chi connectivity index (χ0n) is 15.0. The lowest BCUT2D eigenvalue weighted by atomic mass is 10.1. The van der Waals surface area contributed by atoms with Crippen LogP contribution in [0.1, 0.15) is 19.3 Å². The number of hydrogen-bond donors (Lipinski definition) is 2. The van der Waals surface area contributed by atoms with Gasteiger partial charge >= 0.3 is 0 Å². The summed E-state index contributed by atoms with van der Waals surface area (Å²) in [6, 6.07) is 0.612. The average Bonchev–Trinajstić information content (AvgIpc) is 3.15. The van der Waals surface area contributed by atoms with Crippen molar-refractivity contribution in [1.82, 2.24) is 20.4 Å². The summed E-state index contributed by atoms with van der Waals surface area (Å²) in [6.45, 7) is 10.3. The minimum Gasteiger partial charge on any atom is -0.379 e. The molecule has 0 aromatic heterocycles. The Balaban J connectivity index is 1.23. The molecule has 0 spiro atoms. The highest BCUT2D eigenvalue weighted by atomic mass is 16.5. The van der Waals surface area contributed by atoms with E-state index in [0.29, 0.717) is 12.1 Å². The first kappa shape index (κ1) is 17.9. The number of fused-ring (bicyclic) bond motifs is 3. The number of nitrogens with one attached hydrogen (secondary N) is 2. The third-order valence-corrected chi connectivity index (χ3v) is 5.21. The van der Waals surface area contributed by atoms with E-state index < -0.39 is 0 Å². The van der Waals surface area contributed by atoms with E-state index in [2.05, 4.69) is 25.4 Å². The van der Waals surface area contributed by atoms with E-state index >= 15 is 0 Å². The topological polar surface area (TPSA) is 61.4 Å². The van der Waals surface area contributed by atoms with Gasteiger partial charge in [-0.05, 0) is 19.3 Å². The maximum absolute atomic E-state index is 5.68. The highest BCUT2D eigenvalue weighted by molar-refractivity contribution is 5.79. The van der Waals surface area contributed by atoms with Crippen molar-refractivity contribution in [3.05, 3.63) is 0 Å². The Kier molecular flexibility index (Phi) is 7.13. The van der Waals surface area contributed by atoms with E-state index in [-0.39, 0.29) is 0 Å². The van der Waals surface area contributed by atoms with Gasteiger partial charge in [-0.3, -0.25) is 14.8 Å². The highest BCUT2D eigenvalue weighted by Crippen LogP contribution is 2.14. The van der Waals surface area contributed by atoms with E-state index in [9.17, 15) is 0 Å². The van der Waals surface area contributed by atoms with Gasteiger partial charge in [0.25, 0.3) is 0 Å². The van der Waals surface area contributed by atoms with Crippen LogP contribution in [0.2, 0.25) is 0 Å². The fourth-order valence-corrected chi connectivity index (χ4v) is 3.72. The van der Waals surface area contributed by atoms with Gasteiger partial charge in [0.1, 0.15) is 0 Å². The number of guanidine groups is 1. The van der Waals surface area contributed by atoms with Crippen molar-refractivity contribution in [1.29, 1.82) is 0 Å². The Hall–Kier alpha value is -0.890. The summed E-state index contributed by atoms with van der Waals surface area (Å²) >= 11 is 0. The molecule has 24 heavy (non-hydrogen) atoms. The summed E-state index contributed by atoms with van der Waals surface area (Å²) in [4.78, 5) is 9.48. The molecule has 4 heterocycles. The second-order valence-electron chi connectivity index (χ2n) is 6.93. The molecular formula is C17H33N5O2. The normalized spacial score (nSPS) is 33.0. The van der Waals surface area contributed by atoms with Crippen LogP contribution in [0.3, 0.4) is 0 Å². The Morgan fingerprint density at radius 2 is 2.12 bits per heavy atom. The van der Waals surface area contributed by atoms with E-state index in [1.165, 1.54) is 39.1 Å². The molecule has 0 aromatic rings. The molecule has 4 aliphatic heterocycles. The van der Waals surface area contributed by atoms with Gasteiger partial charge in [-0.25, -0.2) is 0 Å². The summed E-state index contributed by atoms with van der Waals surface area (Å²) in [6.07, 6.45) is 3.62. The number of hydrogen-bond acceptors (Lipinski definition) is 5. The van der Waals surface area contributed by atoms with Gasteiger partial charge in [0.05, 0.1) is 12.7 Å². The number of rotatable bonds is 8. The second kappa shape index (κ2) is 9.56. The molecule has 4 rings (SSSR count). The van der Waals surface area contributed by atoms with Crippen LogP contribution in [0.15, 0.2) is 4.99 Å². The molecule has 2 atom stereocenters. The van der Waals surface area contributed by atoms with Gasteiger partial charge in [0.2, 0.25) is 0 Å². The van der Waals surface area contributed by atoms with Crippen LogP contribution in [0.25, 0.3) is 0 Å². The molecule has 0 aliphatic carbocycles. The first-order valence-electron chi connectivity index (χ1n) is 9.45. The molecule has 7 nitrogen and oxygen atoms in total. The molecule has 4 aliphatic rings. The van der Waals surface area contributed by atoms with Crippen LogP contribution in [0, 0.1) is 0 Å². The Bertz CT molecular complexity index is 392. The van der Waals surface area contributed by atoms with Crippen molar-refractivity contribution in [3.63, 3.8) is 0 Å². The van der Waals surface area contributed by atoms with Crippen molar-refractivity contribution in [3.8, 4) is 0 Å². The molecule has 4 saturated heterocycles. The minimum atomic E-state index is 0.323. The zero-order chi connectivity index (χ0) is 16.6. The monoisotopic (exact) mass is 339 g/mol. The van der Waals surface area contributed by atoms with Gasteiger partial charge in [0, 0.05) is 72.1 Å². The predicted octanol–water partition coefficient (Wildman–Crippen LogP) is -0.263. The molecule has 2 N–H and O–H groups in total. The van der Waals surface area contributed by atoms with Gasteiger partial charge in [-0.15, -0.1) is 0 Å². The Morgan fingerprint density at radius 3 is 2.79 bits per heavy atom. The summed E-state index contributed by atoms with van der Waals surface area (Å²) in [7, 11) is 1.83. The van der Waals surface area contributed by atoms with Crippen LogP contribution >= 0.6 is 0 Å². The quantitative estimate of drug-likeness (QED) is 0.361. The molecule has 2 bridgehead atoms. The maximum Gasteiger partial charge on any atom is 0.191 e. The van der Waals surface area contributed by atoms with Crippen molar-refractivity contribution in [2.24, 2.45) is 4.99 Å². The molecular weight excluding hydrogens is 306 g/mol. The molecule has 0 saturated carbocycles. The number of ether oxygens (including phenoxy) is 2. The van der Waals surface area contributed by atoms with Gasteiger partial charge < -0.3 is 20.1 Å². The lowest BCUT2D eigenvalue weighted by Gasteiger charge is -2.47. The van der Waals surface area contributed by atoms with Crippen LogP contribution in [-0.4, -0.2) is 101 Å². The molecule has 0 amide bonds. The summed E-state index contributed by atoms with van der Waals surface area (Å²) in [5.41, 5.74) is 0. The fraction of sp³-hybridized carbons (Fsp3) is 0.941. The highest BCUT2D eigenvalue weighted by Gasteiger charge is 2.31. The molecule has 4 fully saturated rings. The van der Waals surface area contributed by atoms with Gasteiger partial charge in [-0.2, -0.15) is 0 Å². The fourth-order valence-electron chi connectivity index (χ4n) is 3.72. The third-order valence-electron chi connectivity index (χ3n) is 5.21. The van der Waals surface area contributed by atoms with Crippen LogP contribution in [-0.2, 0) is 9.47 Å². The average molecular weight is 339 g/mol. The molecule has 2 unspecified atom stereocenters. The largest absolute Gasteiger partial charge is 0.379 e. The predicted molar refractivity (Wildman–Crippen MR) is 95.6 cm³/mol. The molecule has 138 valence electrons. The summed E-state index contributed by atoms with van der Waals surface area (Å²) in [5.74, 6) is 0.895. The maximum atomic E-state index is 5.68. The lowest BCUT2D eigenvalue weighted by Crippen LogP contribution is -2.63. The minimum absolute atomic E-state index is 0.323. The summed E-state index contributed by atoms with van der Waals surface area (Å²) < 4.78 is 11.2. The number of aliphatic imine (C=N–C) groups is 1. The molecule has 7 heteroatoms. The van der Waals surface area contributed by atoms with Crippen LogP contribution < -0.4 is 10.6 Å². The van der Waals surface area contributed by atoms with Gasteiger partial charge in [0.15, 0.2) is 5.96 Å². The van der Waals surface area contributed by atoms with Crippen molar-refractivity contribution >= 4 is 5.96 Å². The van der Waals surface area contributed by atoms with E-state index in [0.717, 1.165) is 51.7 Å². The van der Waals surface area contributed by atoms with E-state index in [4.69, 9.17) is 9.47 Å². The summed E-state index contributed by atoms with van der Waals surface area (Å²) in [5, 5.41) is 6.85. The van der Waals surface area contributed by atoms with Crippen molar-refractivity contribution in [2.45, 2.75) is 31.4 Å². The van der Waals surface area contributed by atoms with E-state index in [1.54, 1.807) is 0 Å². The third kappa shape index (κ3) is 5.31. The van der Waals surface area contributed by atoms with E-state index in [1.807, 2.05) is 7.05 Å². The first-order valence-corrected chi connectivity index (χ1v) is 9.45. The zero-order valence-corrected chi connectivity index (χ0v) is 15.0. The SMILES string of the molecule is CN=C(NCCCOCC1CCCO1)NCC1CN2CCN1CC2. The second-order valence-corrected chi connectivity index (χ2v) is 6.93. The van der Waals surface area contributed by atoms with Crippen molar-refractivity contribution in [2.75, 3.05) is 72.7 Å². The van der Waals surface area contributed by atoms with Gasteiger partial charge in [-0.1, -0.05) is 0 Å². The van der Waals surface area contributed by atoms with Crippen molar-refractivity contribution < 1.29 is 9.47 Å². The number of piperazine rings is 3. The Morgan fingerprint density at radius 1 is 1.25 bits per heavy atom. The van der Waals surface area contributed by atoms with Crippen LogP contribution in [0.5, 0.6) is 0 Å². The smallest absolute Gasteiger partial charge is 0.191 e. The lowest BCUT2D eigenvalue weighted by molar-refractivity contribution is 0.0153. The number of nitrogens with zero attached hydrogens (tertiary/aromatic N) is 3. The molecule has 0 radical (unpaired) electrons. The van der Waals surface area contributed by atoms with Crippen LogP contribution in [0.4, 0.5) is 0 Å².